The number of thioether (sulfide) groups is 1. The highest BCUT2D eigenvalue weighted by molar-refractivity contribution is 8.01. The number of benzene rings is 2. The number of carbonyl (C=O) groups is 2. The largest absolute Gasteiger partial charge is 0.348 e. The molecule has 23 heavy (non-hydrogen) atoms. The third-order valence-electron chi connectivity index (χ3n) is 3.14. The molecule has 3 aromatic rings. The number of thiazole rings is 1. The second-order valence-electron chi connectivity index (χ2n) is 4.80. The first-order chi connectivity index (χ1) is 11.2. The average molecular weight is 342 g/mol. The Morgan fingerprint density at radius 2 is 1.78 bits per heavy atom. The Morgan fingerprint density at radius 1 is 1.04 bits per heavy atom. The average Bonchev–Trinajstić information content (AvgIpc) is 3.01. The van der Waals surface area contributed by atoms with Gasteiger partial charge in [-0.3, -0.25) is 9.59 Å². The molecule has 3 rings (SSSR count). The fraction of sp³-hybridized carbons (Fsp3) is 0.118. The Labute approximate surface area is 141 Å². The highest BCUT2D eigenvalue weighted by Gasteiger charge is 2.10. The van der Waals surface area contributed by atoms with Crippen molar-refractivity contribution in [2.75, 3.05) is 12.3 Å². The molecule has 1 heterocycles. The Bertz CT molecular complexity index is 798. The fourth-order valence-electron chi connectivity index (χ4n) is 2.00. The van der Waals surface area contributed by atoms with Crippen LogP contribution in [0, 0.1) is 0 Å². The molecule has 116 valence electrons. The minimum Gasteiger partial charge on any atom is -0.348 e. The summed E-state index contributed by atoms with van der Waals surface area (Å²) in [5.74, 6) is -0.00972. The molecule has 0 saturated carbocycles. The van der Waals surface area contributed by atoms with Gasteiger partial charge in [0.25, 0.3) is 0 Å². The van der Waals surface area contributed by atoms with Crippen molar-refractivity contribution in [3.8, 4) is 0 Å². The zero-order valence-corrected chi connectivity index (χ0v) is 13.8. The fourth-order valence-corrected chi connectivity index (χ4v) is 3.89. The predicted octanol–water partition coefficient (Wildman–Crippen LogP) is 3.39. The number of hydrogen-bond donors (Lipinski definition) is 1. The van der Waals surface area contributed by atoms with E-state index in [-0.39, 0.29) is 24.0 Å². The number of carbonyl (C=O) groups excluding carboxylic acids is 2. The van der Waals surface area contributed by atoms with Crippen LogP contribution in [0.1, 0.15) is 10.4 Å². The summed E-state index contributed by atoms with van der Waals surface area (Å²) in [5, 5.41) is 2.65. The van der Waals surface area contributed by atoms with Crippen molar-refractivity contribution in [3.63, 3.8) is 0 Å². The number of rotatable bonds is 6. The molecule has 0 bridgehead atoms. The zero-order chi connectivity index (χ0) is 16.1. The topological polar surface area (TPSA) is 59.1 Å². The zero-order valence-electron chi connectivity index (χ0n) is 12.2. The van der Waals surface area contributed by atoms with Gasteiger partial charge in [0.1, 0.15) is 0 Å². The van der Waals surface area contributed by atoms with Gasteiger partial charge in [-0.25, -0.2) is 4.98 Å². The summed E-state index contributed by atoms with van der Waals surface area (Å²) in [7, 11) is 0. The number of hydrogen-bond acceptors (Lipinski definition) is 5. The molecule has 0 atom stereocenters. The molecular weight excluding hydrogens is 328 g/mol. The molecule has 0 radical (unpaired) electrons. The van der Waals surface area contributed by atoms with Crippen molar-refractivity contribution >= 4 is 45.0 Å². The van der Waals surface area contributed by atoms with Crippen molar-refractivity contribution in [2.24, 2.45) is 0 Å². The van der Waals surface area contributed by atoms with Crippen LogP contribution in [0.25, 0.3) is 10.2 Å². The van der Waals surface area contributed by atoms with E-state index in [1.54, 1.807) is 35.6 Å². The molecular formula is C17H14N2O2S2. The first kappa shape index (κ1) is 15.7. The van der Waals surface area contributed by atoms with Crippen LogP contribution < -0.4 is 5.32 Å². The smallest absolute Gasteiger partial charge is 0.230 e. The normalized spacial score (nSPS) is 10.6. The Balaban J connectivity index is 1.49. The van der Waals surface area contributed by atoms with Gasteiger partial charge >= 0.3 is 0 Å². The molecule has 0 fully saturated rings. The quantitative estimate of drug-likeness (QED) is 0.551. The van der Waals surface area contributed by atoms with Gasteiger partial charge in [-0.05, 0) is 12.1 Å². The molecule has 2 aromatic carbocycles. The van der Waals surface area contributed by atoms with Crippen LogP contribution in [0.3, 0.4) is 0 Å². The maximum Gasteiger partial charge on any atom is 0.230 e. The van der Waals surface area contributed by atoms with E-state index in [4.69, 9.17) is 0 Å². The van der Waals surface area contributed by atoms with Gasteiger partial charge in [0.05, 0.1) is 22.5 Å². The van der Waals surface area contributed by atoms with Crippen molar-refractivity contribution in [1.82, 2.24) is 10.3 Å². The van der Waals surface area contributed by atoms with Crippen LogP contribution in [0.5, 0.6) is 0 Å². The SMILES string of the molecule is O=C(CSc1nc2ccccc2s1)NCC(=O)c1ccccc1. The molecule has 1 aromatic heterocycles. The molecule has 0 aliphatic heterocycles. The van der Waals surface area contributed by atoms with Crippen LogP contribution >= 0.6 is 23.1 Å². The number of Topliss-reactive ketones (excluding diaryl/α,β-unsaturated/α-hetero) is 1. The molecule has 0 aliphatic carbocycles. The summed E-state index contributed by atoms with van der Waals surface area (Å²) in [6.07, 6.45) is 0. The third-order valence-corrected chi connectivity index (χ3v) is 5.32. The van der Waals surface area contributed by atoms with E-state index in [0.29, 0.717) is 5.56 Å². The molecule has 0 aliphatic rings. The highest BCUT2D eigenvalue weighted by atomic mass is 32.2. The van der Waals surface area contributed by atoms with E-state index in [0.717, 1.165) is 14.6 Å². The third kappa shape index (κ3) is 4.18. The Morgan fingerprint density at radius 3 is 2.57 bits per heavy atom. The molecule has 1 N–H and O–H groups in total. The summed E-state index contributed by atoms with van der Waals surface area (Å²) < 4.78 is 1.96. The van der Waals surface area contributed by atoms with Crippen molar-refractivity contribution in [3.05, 3.63) is 60.2 Å². The lowest BCUT2D eigenvalue weighted by Crippen LogP contribution is -2.30. The van der Waals surface area contributed by atoms with Crippen LogP contribution in [-0.2, 0) is 4.79 Å². The lowest BCUT2D eigenvalue weighted by molar-refractivity contribution is -0.118. The van der Waals surface area contributed by atoms with E-state index < -0.39 is 0 Å². The minimum absolute atomic E-state index is 0.0171. The van der Waals surface area contributed by atoms with Gasteiger partial charge < -0.3 is 5.32 Å². The lowest BCUT2D eigenvalue weighted by Gasteiger charge is -2.03. The van der Waals surface area contributed by atoms with Gasteiger partial charge in [0, 0.05) is 5.56 Å². The summed E-state index contributed by atoms with van der Waals surface area (Å²) in [4.78, 5) is 28.2. The molecule has 0 saturated heterocycles. The summed E-state index contributed by atoms with van der Waals surface area (Å²) in [6, 6.07) is 16.8. The highest BCUT2D eigenvalue weighted by Crippen LogP contribution is 2.28. The van der Waals surface area contributed by atoms with Gasteiger partial charge in [0.15, 0.2) is 10.1 Å². The number of nitrogens with one attached hydrogen (secondary N) is 1. The first-order valence-corrected chi connectivity index (χ1v) is 8.86. The van der Waals surface area contributed by atoms with Gasteiger partial charge in [-0.1, -0.05) is 54.2 Å². The first-order valence-electron chi connectivity index (χ1n) is 7.06. The number of para-hydroxylation sites is 1. The molecule has 1 amide bonds. The second kappa shape index (κ2) is 7.39. The summed E-state index contributed by atoms with van der Waals surface area (Å²) >= 11 is 2.95. The lowest BCUT2D eigenvalue weighted by atomic mass is 10.1. The van der Waals surface area contributed by atoms with E-state index >= 15 is 0 Å². The van der Waals surface area contributed by atoms with Crippen LogP contribution in [0.2, 0.25) is 0 Å². The monoisotopic (exact) mass is 342 g/mol. The Hall–Kier alpha value is -2.18. The van der Waals surface area contributed by atoms with Crippen LogP contribution in [0.15, 0.2) is 58.9 Å². The maximum atomic E-state index is 11.9. The van der Waals surface area contributed by atoms with Crippen molar-refractivity contribution < 1.29 is 9.59 Å². The van der Waals surface area contributed by atoms with Gasteiger partial charge in [-0.15, -0.1) is 11.3 Å². The van der Waals surface area contributed by atoms with Crippen LogP contribution in [0.4, 0.5) is 0 Å². The van der Waals surface area contributed by atoms with Crippen LogP contribution in [-0.4, -0.2) is 29.0 Å². The minimum atomic E-state index is -0.168. The summed E-state index contributed by atoms with van der Waals surface area (Å²) in [5.41, 5.74) is 1.55. The second-order valence-corrected chi connectivity index (χ2v) is 7.06. The number of fused-ring (bicyclic) bond motifs is 1. The standard InChI is InChI=1S/C17H14N2O2S2/c20-14(12-6-2-1-3-7-12)10-18-16(21)11-22-17-19-13-8-4-5-9-15(13)23-17/h1-9H,10-11H2,(H,18,21). The molecule has 6 heteroatoms. The van der Waals surface area contributed by atoms with E-state index in [1.165, 1.54) is 11.8 Å². The maximum absolute atomic E-state index is 11.9. The molecule has 4 nitrogen and oxygen atoms in total. The van der Waals surface area contributed by atoms with E-state index in [1.807, 2.05) is 30.3 Å². The predicted molar refractivity (Wildman–Crippen MR) is 94.1 cm³/mol. The Kier molecular flexibility index (Phi) is 5.05. The number of ketones is 1. The van der Waals surface area contributed by atoms with Gasteiger partial charge in [0.2, 0.25) is 5.91 Å². The van der Waals surface area contributed by atoms with Crippen molar-refractivity contribution in [1.29, 1.82) is 0 Å². The number of amides is 1. The summed E-state index contributed by atoms with van der Waals surface area (Å²) in [6.45, 7) is 0.0171. The van der Waals surface area contributed by atoms with Gasteiger partial charge in [-0.2, -0.15) is 0 Å². The molecule has 0 unspecified atom stereocenters. The number of nitrogens with zero attached hydrogens (tertiary/aromatic N) is 1. The van der Waals surface area contributed by atoms with Crippen molar-refractivity contribution in [2.45, 2.75) is 4.34 Å². The van der Waals surface area contributed by atoms with E-state index in [2.05, 4.69) is 10.3 Å². The number of aromatic nitrogens is 1. The van der Waals surface area contributed by atoms with E-state index in [9.17, 15) is 9.59 Å². The molecule has 0 spiro atoms.